The fraction of sp³-hybridized carbons (Fsp3) is 0.348. The summed E-state index contributed by atoms with van der Waals surface area (Å²) in [5, 5.41) is 11.5. The highest BCUT2D eigenvalue weighted by Crippen LogP contribution is 2.34. The van der Waals surface area contributed by atoms with Crippen LogP contribution in [0.15, 0.2) is 47.6 Å². The molecule has 0 radical (unpaired) electrons. The second-order valence-electron chi connectivity index (χ2n) is 8.41. The van der Waals surface area contributed by atoms with Crippen LogP contribution in [0.4, 0.5) is 18.9 Å². The molecule has 0 unspecified atom stereocenters. The highest BCUT2D eigenvalue weighted by atomic mass is 35.5. The Bertz CT molecular complexity index is 1140. The Morgan fingerprint density at radius 2 is 1.70 bits per heavy atom. The molecule has 1 heterocycles. The number of benzene rings is 2. The molecule has 0 aliphatic carbocycles. The van der Waals surface area contributed by atoms with Gasteiger partial charge in [0.15, 0.2) is 11.0 Å². The predicted molar refractivity (Wildman–Crippen MR) is 126 cm³/mol. The Kier molecular flexibility index (Phi) is 7.43. The van der Waals surface area contributed by atoms with Gasteiger partial charge < -0.3 is 9.88 Å². The molecule has 0 bridgehead atoms. The van der Waals surface area contributed by atoms with E-state index in [1.165, 1.54) is 5.56 Å². The van der Waals surface area contributed by atoms with Gasteiger partial charge in [-0.3, -0.25) is 4.79 Å². The minimum atomic E-state index is -4.53. The number of aromatic nitrogens is 3. The summed E-state index contributed by atoms with van der Waals surface area (Å²) in [6.07, 6.45) is -4.53. The Hall–Kier alpha value is -2.52. The SMILES string of the molecule is CCn1c(SCC(=O)Nc2cc(C(F)(F)F)ccc2Cl)nnc1-c1ccc(C(C)(C)C)cc1. The van der Waals surface area contributed by atoms with Gasteiger partial charge in [-0.25, -0.2) is 0 Å². The van der Waals surface area contributed by atoms with E-state index in [0.29, 0.717) is 17.5 Å². The number of alkyl halides is 3. The lowest BCUT2D eigenvalue weighted by Crippen LogP contribution is -2.16. The fourth-order valence-electron chi connectivity index (χ4n) is 3.13. The Morgan fingerprint density at radius 3 is 2.27 bits per heavy atom. The number of nitrogens with zero attached hydrogens (tertiary/aromatic N) is 3. The number of nitrogens with one attached hydrogen (secondary N) is 1. The van der Waals surface area contributed by atoms with Crippen LogP contribution in [0, 0.1) is 0 Å². The highest BCUT2D eigenvalue weighted by molar-refractivity contribution is 7.99. The van der Waals surface area contributed by atoms with E-state index in [1.54, 1.807) is 0 Å². The van der Waals surface area contributed by atoms with E-state index in [-0.39, 0.29) is 21.9 Å². The lowest BCUT2D eigenvalue weighted by molar-refractivity contribution is -0.137. The van der Waals surface area contributed by atoms with Crippen molar-refractivity contribution in [3.05, 3.63) is 58.6 Å². The molecule has 0 aliphatic rings. The average molecular weight is 497 g/mol. The van der Waals surface area contributed by atoms with Crippen LogP contribution in [0.5, 0.6) is 0 Å². The van der Waals surface area contributed by atoms with Crippen LogP contribution in [0.1, 0.15) is 38.8 Å². The van der Waals surface area contributed by atoms with Crippen molar-refractivity contribution in [2.45, 2.75) is 51.0 Å². The van der Waals surface area contributed by atoms with Gasteiger partial charge in [0.05, 0.1) is 22.0 Å². The van der Waals surface area contributed by atoms with E-state index in [2.05, 4.69) is 48.4 Å². The third-order valence-corrected chi connectivity index (χ3v) is 6.24. The molecule has 0 fully saturated rings. The van der Waals surface area contributed by atoms with Crippen LogP contribution < -0.4 is 5.32 Å². The molecule has 1 amide bonds. The van der Waals surface area contributed by atoms with Gasteiger partial charge in [0, 0.05) is 12.1 Å². The topological polar surface area (TPSA) is 59.8 Å². The van der Waals surface area contributed by atoms with Gasteiger partial charge >= 0.3 is 6.18 Å². The monoisotopic (exact) mass is 496 g/mol. The zero-order chi connectivity index (χ0) is 24.4. The second-order valence-corrected chi connectivity index (χ2v) is 9.76. The van der Waals surface area contributed by atoms with Gasteiger partial charge in [0.25, 0.3) is 0 Å². The maximum Gasteiger partial charge on any atom is 0.416 e. The molecule has 0 spiro atoms. The fourth-order valence-corrected chi connectivity index (χ4v) is 4.09. The summed E-state index contributed by atoms with van der Waals surface area (Å²) < 4.78 is 40.7. The van der Waals surface area contributed by atoms with Crippen molar-refractivity contribution >= 4 is 35.0 Å². The lowest BCUT2D eigenvalue weighted by atomic mass is 9.87. The minimum absolute atomic E-state index is 0.0269. The number of anilines is 1. The van der Waals surface area contributed by atoms with Gasteiger partial charge in [-0.15, -0.1) is 10.2 Å². The molecule has 1 aromatic heterocycles. The van der Waals surface area contributed by atoms with Crippen molar-refractivity contribution in [3.8, 4) is 11.4 Å². The van der Waals surface area contributed by atoms with E-state index in [0.717, 1.165) is 35.5 Å². The number of hydrogen-bond acceptors (Lipinski definition) is 4. The summed E-state index contributed by atoms with van der Waals surface area (Å²) in [7, 11) is 0. The molecule has 176 valence electrons. The van der Waals surface area contributed by atoms with Gasteiger partial charge in [-0.2, -0.15) is 13.2 Å². The smallest absolute Gasteiger partial charge is 0.324 e. The summed E-state index contributed by atoms with van der Waals surface area (Å²) in [5.41, 5.74) is 1.17. The number of thioether (sulfide) groups is 1. The standard InChI is InChI=1S/C23H24ClF3N4OS/c1-5-31-20(14-6-8-15(9-7-14)22(2,3)4)29-30-21(31)33-13-19(32)28-18-12-16(23(25,26)27)10-11-17(18)24/h6-12H,5,13H2,1-4H3,(H,28,32). The van der Waals surface area contributed by atoms with Crippen molar-refractivity contribution in [1.82, 2.24) is 14.8 Å². The molecule has 33 heavy (non-hydrogen) atoms. The molecular formula is C23H24ClF3N4OS. The van der Waals surface area contributed by atoms with Gasteiger partial charge in [0.2, 0.25) is 5.91 Å². The summed E-state index contributed by atoms with van der Waals surface area (Å²) in [4.78, 5) is 12.4. The summed E-state index contributed by atoms with van der Waals surface area (Å²) in [6, 6.07) is 10.9. The third kappa shape index (κ3) is 6.09. The van der Waals surface area contributed by atoms with E-state index in [4.69, 9.17) is 11.6 Å². The second kappa shape index (κ2) is 9.77. The number of carbonyl (C=O) groups is 1. The van der Waals surface area contributed by atoms with Gasteiger partial charge in [-0.1, -0.05) is 68.4 Å². The summed E-state index contributed by atoms with van der Waals surface area (Å²) >= 11 is 7.10. The van der Waals surface area contributed by atoms with Gasteiger partial charge in [0.1, 0.15) is 0 Å². The lowest BCUT2D eigenvalue weighted by Gasteiger charge is -2.19. The Labute approximate surface area is 199 Å². The predicted octanol–water partition coefficient (Wildman–Crippen LogP) is 6.67. The number of amides is 1. The average Bonchev–Trinajstić information content (AvgIpc) is 3.15. The summed E-state index contributed by atoms with van der Waals surface area (Å²) in [5.74, 6) is 0.123. The van der Waals surface area contributed by atoms with Crippen molar-refractivity contribution in [3.63, 3.8) is 0 Å². The number of carbonyl (C=O) groups excluding carboxylic acids is 1. The first-order valence-electron chi connectivity index (χ1n) is 10.2. The van der Waals surface area contributed by atoms with Crippen molar-refractivity contribution in [1.29, 1.82) is 0 Å². The quantitative estimate of drug-likeness (QED) is 0.387. The number of halogens is 4. The van der Waals surface area contributed by atoms with E-state index >= 15 is 0 Å². The maximum absolute atomic E-state index is 12.9. The molecule has 3 aromatic rings. The van der Waals surface area contributed by atoms with Crippen molar-refractivity contribution in [2.24, 2.45) is 0 Å². The van der Waals surface area contributed by atoms with Crippen LogP contribution >= 0.6 is 23.4 Å². The molecule has 10 heteroatoms. The minimum Gasteiger partial charge on any atom is -0.324 e. The molecule has 2 aromatic carbocycles. The van der Waals surface area contributed by atoms with Gasteiger partial charge in [-0.05, 0) is 36.1 Å². The molecule has 0 saturated carbocycles. The molecule has 0 saturated heterocycles. The highest BCUT2D eigenvalue weighted by Gasteiger charge is 2.31. The summed E-state index contributed by atoms with van der Waals surface area (Å²) in [6.45, 7) is 8.96. The number of rotatable bonds is 6. The first kappa shape index (κ1) is 25.1. The van der Waals surface area contributed by atoms with Crippen LogP contribution in [0.25, 0.3) is 11.4 Å². The first-order valence-corrected chi connectivity index (χ1v) is 11.6. The van der Waals surface area contributed by atoms with E-state index in [9.17, 15) is 18.0 Å². The van der Waals surface area contributed by atoms with Crippen molar-refractivity contribution in [2.75, 3.05) is 11.1 Å². The molecule has 1 N–H and O–H groups in total. The molecule has 3 rings (SSSR count). The Balaban J connectivity index is 1.71. The van der Waals surface area contributed by atoms with Crippen LogP contribution in [0.2, 0.25) is 5.02 Å². The molecular weight excluding hydrogens is 473 g/mol. The van der Waals surface area contributed by atoms with E-state index in [1.807, 2.05) is 23.6 Å². The third-order valence-electron chi connectivity index (χ3n) is 4.94. The Morgan fingerprint density at radius 1 is 1.06 bits per heavy atom. The van der Waals surface area contributed by atoms with Crippen LogP contribution in [-0.4, -0.2) is 26.4 Å². The molecule has 0 aliphatic heterocycles. The normalized spacial score (nSPS) is 12.1. The zero-order valence-corrected chi connectivity index (χ0v) is 20.2. The maximum atomic E-state index is 12.9. The van der Waals surface area contributed by atoms with E-state index < -0.39 is 17.6 Å². The van der Waals surface area contributed by atoms with Crippen molar-refractivity contribution < 1.29 is 18.0 Å². The molecule has 0 atom stereocenters. The largest absolute Gasteiger partial charge is 0.416 e. The zero-order valence-electron chi connectivity index (χ0n) is 18.6. The van der Waals surface area contributed by atoms with Crippen LogP contribution in [-0.2, 0) is 22.9 Å². The number of hydrogen-bond donors (Lipinski definition) is 1. The molecule has 5 nitrogen and oxygen atoms in total. The first-order chi connectivity index (χ1) is 15.4. The van der Waals surface area contributed by atoms with Crippen LogP contribution in [0.3, 0.4) is 0 Å².